The van der Waals surface area contributed by atoms with Crippen LogP contribution < -0.4 is 43.8 Å². The number of carbonyl (C=O) groups is 6. The predicted molar refractivity (Wildman–Crippen MR) is 171 cm³/mol. The third-order valence-electron chi connectivity index (χ3n) is 6.99. The standard InChI is InChI=1S/C31H44N8O8/c1-18(28(34)44)37-31(47)25(15-20-7-11-22(41)12-8-20)39-27(43)17-36-30(46)24(4-2-3-13-32)38-26(42)16-35-29(45)23(33)14-19-5-9-21(40)10-6-19/h5-12,18,23-25,40-41H,2-4,13-17,32-33H2,1H3,(H2,34,44)(H,35,45)(H,36,46)(H,37,47)(H,38,42)(H,39,43)/t18-,23-,24-,25-/m0/s1. The van der Waals surface area contributed by atoms with Crippen molar-refractivity contribution in [3.63, 3.8) is 0 Å². The Kier molecular flexibility index (Phi) is 15.6. The van der Waals surface area contributed by atoms with Gasteiger partial charge in [0.25, 0.3) is 0 Å². The Morgan fingerprint density at radius 1 is 0.681 bits per heavy atom. The van der Waals surface area contributed by atoms with Crippen LogP contribution in [-0.4, -0.2) is 89.5 Å². The molecule has 0 aromatic heterocycles. The molecule has 0 radical (unpaired) electrons. The lowest BCUT2D eigenvalue weighted by atomic mass is 10.0. The van der Waals surface area contributed by atoms with E-state index < -0.39 is 72.7 Å². The van der Waals surface area contributed by atoms with Gasteiger partial charge >= 0.3 is 0 Å². The summed E-state index contributed by atoms with van der Waals surface area (Å²) in [6, 6.07) is 7.91. The van der Waals surface area contributed by atoms with Crippen LogP contribution in [0, 0.1) is 0 Å². The van der Waals surface area contributed by atoms with Crippen molar-refractivity contribution >= 4 is 35.4 Å². The van der Waals surface area contributed by atoms with E-state index in [9.17, 15) is 39.0 Å². The fourth-order valence-corrected chi connectivity index (χ4v) is 4.28. The first-order chi connectivity index (χ1) is 22.3. The average molecular weight is 657 g/mol. The highest BCUT2D eigenvalue weighted by Crippen LogP contribution is 2.12. The number of nitrogens with one attached hydrogen (secondary N) is 5. The molecule has 0 aliphatic carbocycles. The molecule has 0 aliphatic rings. The second-order valence-electron chi connectivity index (χ2n) is 10.9. The molecule has 13 N–H and O–H groups in total. The van der Waals surface area contributed by atoms with Crippen molar-refractivity contribution in [2.75, 3.05) is 19.6 Å². The molecule has 0 saturated heterocycles. The van der Waals surface area contributed by atoms with E-state index >= 15 is 0 Å². The van der Waals surface area contributed by atoms with Crippen molar-refractivity contribution in [2.45, 2.75) is 63.2 Å². The summed E-state index contributed by atoms with van der Waals surface area (Å²) in [6.45, 7) is 0.742. The molecule has 16 heteroatoms. The summed E-state index contributed by atoms with van der Waals surface area (Å²) in [6.07, 6.45) is 1.42. The molecule has 2 rings (SSSR count). The molecule has 0 heterocycles. The van der Waals surface area contributed by atoms with Crippen LogP contribution in [0.1, 0.15) is 37.3 Å². The summed E-state index contributed by atoms with van der Waals surface area (Å²) in [5.41, 5.74) is 18.0. The number of nitrogens with two attached hydrogens (primary N) is 3. The smallest absolute Gasteiger partial charge is 0.243 e. The van der Waals surface area contributed by atoms with E-state index in [2.05, 4.69) is 26.6 Å². The first-order valence-electron chi connectivity index (χ1n) is 15.0. The third-order valence-corrected chi connectivity index (χ3v) is 6.99. The van der Waals surface area contributed by atoms with Crippen molar-refractivity contribution in [3.05, 3.63) is 59.7 Å². The van der Waals surface area contributed by atoms with Gasteiger partial charge in [-0.1, -0.05) is 24.3 Å². The largest absolute Gasteiger partial charge is 0.508 e. The molecule has 16 nitrogen and oxygen atoms in total. The second kappa shape index (κ2) is 19.3. The van der Waals surface area contributed by atoms with Gasteiger partial charge in [0.05, 0.1) is 19.1 Å². The molecule has 47 heavy (non-hydrogen) atoms. The van der Waals surface area contributed by atoms with E-state index in [1.165, 1.54) is 31.2 Å². The molecule has 0 unspecified atom stereocenters. The molecule has 4 atom stereocenters. The third kappa shape index (κ3) is 14.2. The highest BCUT2D eigenvalue weighted by atomic mass is 16.3. The van der Waals surface area contributed by atoms with E-state index in [0.717, 1.165) is 0 Å². The summed E-state index contributed by atoms with van der Waals surface area (Å²) in [7, 11) is 0. The summed E-state index contributed by atoms with van der Waals surface area (Å²) in [5, 5.41) is 31.3. The Morgan fingerprint density at radius 2 is 1.17 bits per heavy atom. The van der Waals surface area contributed by atoms with E-state index in [1.807, 2.05) is 0 Å². The Hall–Kier alpha value is -5.22. The van der Waals surface area contributed by atoms with Gasteiger partial charge in [-0.25, -0.2) is 0 Å². The molecule has 6 amide bonds. The number of primary amides is 1. The Morgan fingerprint density at radius 3 is 1.68 bits per heavy atom. The zero-order chi connectivity index (χ0) is 34.9. The van der Waals surface area contributed by atoms with Gasteiger partial charge in [-0.3, -0.25) is 28.8 Å². The molecule has 0 bridgehead atoms. The Bertz CT molecular complexity index is 1370. The summed E-state index contributed by atoms with van der Waals surface area (Å²) < 4.78 is 0. The number of benzene rings is 2. The normalized spacial score (nSPS) is 13.3. The monoisotopic (exact) mass is 656 g/mol. The number of carbonyl (C=O) groups excluding carboxylic acids is 6. The zero-order valence-electron chi connectivity index (χ0n) is 26.2. The van der Waals surface area contributed by atoms with Gasteiger partial charge in [-0.05, 0) is 74.5 Å². The highest BCUT2D eigenvalue weighted by molar-refractivity contribution is 5.94. The lowest BCUT2D eigenvalue weighted by Gasteiger charge is -2.22. The number of aromatic hydroxyl groups is 2. The summed E-state index contributed by atoms with van der Waals surface area (Å²) >= 11 is 0. The van der Waals surface area contributed by atoms with Gasteiger partial charge in [0.15, 0.2) is 0 Å². The van der Waals surface area contributed by atoms with Crippen molar-refractivity contribution in [2.24, 2.45) is 17.2 Å². The minimum Gasteiger partial charge on any atom is -0.508 e. The minimum absolute atomic E-state index is 0.000625. The molecule has 0 spiro atoms. The molecule has 2 aromatic carbocycles. The number of unbranched alkanes of at least 4 members (excludes halogenated alkanes) is 1. The van der Waals surface area contributed by atoms with Crippen LogP contribution in [0.5, 0.6) is 11.5 Å². The predicted octanol–water partition coefficient (Wildman–Crippen LogP) is -2.47. The SMILES string of the molecule is C[C@H](NC(=O)[C@H](Cc1ccc(O)cc1)NC(=O)CNC(=O)[C@H](CCCCN)NC(=O)CNC(=O)[C@@H](N)Cc1ccc(O)cc1)C(N)=O. The van der Waals surface area contributed by atoms with E-state index in [0.29, 0.717) is 30.5 Å². The van der Waals surface area contributed by atoms with Crippen LogP contribution in [0.3, 0.4) is 0 Å². The van der Waals surface area contributed by atoms with Gasteiger partial charge in [0, 0.05) is 6.42 Å². The van der Waals surface area contributed by atoms with Gasteiger partial charge in [0.2, 0.25) is 35.4 Å². The van der Waals surface area contributed by atoms with Gasteiger partial charge < -0.3 is 54.0 Å². The summed E-state index contributed by atoms with van der Waals surface area (Å²) in [5.74, 6) is -4.06. The maximum absolute atomic E-state index is 13.0. The fraction of sp³-hybridized carbons (Fsp3) is 0.419. The lowest BCUT2D eigenvalue weighted by molar-refractivity contribution is -0.132. The number of amides is 6. The van der Waals surface area contributed by atoms with Crippen molar-refractivity contribution in [1.29, 1.82) is 0 Å². The van der Waals surface area contributed by atoms with Crippen LogP contribution >= 0.6 is 0 Å². The van der Waals surface area contributed by atoms with Crippen LogP contribution in [0.2, 0.25) is 0 Å². The second-order valence-corrected chi connectivity index (χ2v) is 10.9. The molecule has 0 saturated carbocycles. The van der Waals surface area contributed by atoms with E-state index in [-0.39, 0.29) is 30.8 Å². The molecule has 0 fully saturated rings. The van der Waals surface area contributed by atoms with Gasteiger partial charge in [0.1, 0.15) is 29.6 Å². The van der Waals surface area contributed by atoms with Crippen LogP contribution in [0.4, 0.5) is 0 Å². The number of phenols is 2. The Labute approximate surface area is 272 Å². The van der Waals surface area contributed by atoms with Crippen LogP contribution in [0.25, 0.3) is 0 Å². The number of phenolic OH excluding ortho intramolecular Hbond substituents is 2. The van der Waals surface area contributed by atoms with Crippen molar-refractivity contribution in [1.82, 2.24) is 26.6 Å². The van der Waals surface area contributed by atoms with E-state index in [1.54, 1.807) is 24.3 Å². The highest BCUT2D eigenvalue weighted by Gasteiger charge is 2.26. The lowest BCUT2D eigenvalue weighted by Crippen LogP contribution is -2.55. The molecule has 2 aromatic rings. The average Bonchev–Trinajstić information content (AvgIpc) is 3.03. The van der Waals surface area contributed by atoms with Gasteiger partial charge in [-0.15, -0.1) is 0 Å². The maximum Gasteiger partial charge on any atom is 0.243 e. The van der Waals surface area contributed by atoms with Crippen molar-refractivity contribution in [3.8, 4) is 11.5 Å². The molecule has 0 aliphatic heterocycles. The van der Waals surface area contributed by atoms with E-state index in [4.69, 9.17) is 17.2 Å². The molecular formula is C31H44N8O8. The topological polar surface area (TPSA) is 281 Å². The first kappa shape index (κ1) is 38.0. The first-order valence-corrected chi connectivity index (χ1v) is 15.0. The molecule has 256 valence electrons. The number of hydrogen-bond acceptors (Lipinski definition) is 10. The zero-order valence-corrected chi connectivity index (χ0v) is 26.2. The van der Waals surface area contributed by atoms with Crippen LogP contribution in [-0.2, 0) is 41.6 Å². The van der Waals surface area contributed by atoms with Gasteiger partial charge in [-0.2, -0.15) is 0 Å². The fourth-order valence-electron chi connectivity index (χ4n) is 4.28. The minimum atomic E-state index is -1.16. The maximum atomic E-state index is 13.0. The number of rotatable bonds is 19. The summed E-state index contributed by atoms with van der Waals surface area (Å²) in [4.78, 5) is 75.2. The quantitative estimate of drug-likeness (QED) is 0.0711. The van der Waals surface area contributed by atoms with Crippen LogP contribution in [0.15, 0.2) is 48.5 Å². The molecular weight excluding hydrogens is 612 g/mol. The number of hydrogen-bond donors (Lipinski definition) is 10. The van der Waals surface area contributed by atoms with Crippen molar-refractivity contribution < 1.29 is 39.0 Å². The Balaban J connectivity index is 1.96.